The van der Waals surface area contributed by atoms with Crippen LogP contribution in [0.1, 0.15) is 44.3 Å². The second-order valence-electron chi connectivity index (χ2n) is 6.80. The summed E-state index contributed by atoms with van der Waals surface area (Å²) in [5.41, 5.74) is 0.545. The molecule has 0 aliphatic carbocycles. The van der Waals surface area contributed by atoms with Crippen LogP contribution in [0, 0.1) is 0 Å². The Balaban J connectivity index is 1.92. The van der Waals surface area contributed by atoms with Crippen molar-refractivity contribution >= 4 is 10.0 Å². The van der Waals surface area contributed by atoms with E-state index in [1.54, 1.807) is 15.9 Å². The summed E-state index contributed by atoms with van der Waals surface area (Å²) in [6.45, 7) is 2.92. The zero-order valence-electron chi connectivity index (χ0n) is 15.3. The van der Waals surface area contributed by atoms with Gasteiger partial charge in [0.2, 0.25) is 10.0 Å². The van der Waals surface area contributed by atoms with Gasteiger partial charge in [0, 0.05) is 26.1 Å². The number of aromatic nitrogens is 3. The molecule has 0 radical (unpaired) electrons. The Hall–Kier alpha value is -1.93. The number of piperidine rings is 1. The van der Waals surface area contributed by atoms with Crippen molar-refractivity contribution in [2.75, 3.05) is 18.8 Å². The fraction of sp³-hybridized carbons (Fsp3) is 0.556. The van der Waals surface area contributed by atoms with E-state index in [4.69, 9.17) is 0 Å². The van der Waals surface area contributed by atoms with Gasteiger partial charge >= 0.3 is 5.69 Å². The van der Waals surface area contributed by atoms with Gasteiger partial charge in [0.05, 0.1) is 11.4 Å². The molecule has 2 heterocycles. The lowest BCUT2D eigenvalue weighted by Crippen LogP contribution is -2.41. The van der Waals surface area contributed by atoms with Gasteiger partial charge in [0.15, 0.2) is 0 Å². The predicted molar refractivity (Wildman–Crippen MR) is 101 cm³/mol. The zero-order valence-corrected chi connectivity index (χ0v) is 16.2. The smallest absolute Gasteiger partial charge is 0.247 e. The topological polar surface area (TPSA) is 77.2 Å². The number of rotatable bonds is 6. The van der Waals surface area contributed by atoms with Crippen LogP contribution >= 0.6 is 0 Å². The molecule has 1 aliphatic rings. The van der Waals surface area contributed by atoms with Gasteiger partial charge < -0.3 is 0 Å². The van der Waals surface area contributed by atoms with E-state index < -0.39 is 10.0 Å². The van der Waals surface area contributed by atoms with E-state index in [-0.39, 0.29) is 17.4 Å². The second kappa shape index (κ2) is 7.75. The van der Waals surface area contributed by atoms with E-state index in [0.29, 0.717) is 25.3 Å². The maximum absolute atomic E-state index is 12.6. The number of sulfonamides is 1. The van der Waals surface area contributed by atoms with Crippen LogP contribution in [-0.4, -0.2) is 45.9 Å². The van der Waals surface area contributed by atoms with E-state index >= 15 is 0 Å². The molecule has 0 spiro atoms. The summed E-state index contributed by atoms with van der Waals surface area (Å²) in [7, 11) is -1.63. The maximum Gasteiger partial charge on any atom is 0.350 e. The summed E-state index contributed by atoms with van der Waals surface area (Å²) in [4.78, 5) is 12.6. The molecule has 0 bridgehead atoms. The molecule has 0 N–H and O–H groups in total. The van der Waals surface area contributed by atoms with E-state index in [0.717, 1.165) is 24.9 Å². The molecule has 0 saturated carbocycles. The standard InChI is InChI=1S/C18H26N4O3S/c1-3-4-13-26(24,25)21-12-8-9-15(14-21)17-19-20(2)18(23)22(17)16-10-6-5-7-11-16/h5-7,10-11,15H,3-4,8-9,12-14H2,1-2H3. The minimum atomic E-state index is -3.26. The maximum atomic E-state index is 12.6. The van der Waals surface area contributed by atoms with Crippen LogP contribution in [-0.2, 0) is 17.1 Å². The molecule has 3 rings (SSSR count). The molecule has 1 fully saturated rings. The zero-order chi connectivity index (χ0) is 18.7. The van der Waals surface area contributed by atoms with Crippen molar-refractivity contribution in [3.8, 4) is 5.69 Å². The third kappa shape index (κ3) is 3.76. The highest BCUT2D eigenvalue weighted by Crippen LogP contribution is 2.28. The van der Waals surface area contributed by atoms with Crippen molar-refractivity contribution in [2.45, 2.75) is 38.5 Å². The normalized spacial score (nSPS) is 18.9. The fourth-order valence-corrected chi connectivity index (χ4v) is 5.16. The first kappa shape index (κ1) is 18.8. The Bertz CT molecular complexity index is 902. The molecule has 1 aromatic heterocycles. The third-order valence-electron chi connectivity index (χ3n) is 4.86. The van der Waals surface area contributed by atoms with Crippen LogP contribution in [0.5, 0.6) is 0 Å². The van der Waals surface area contributed by atoms with Gasteiger partial charge in [0.1, 0.15) is 5.82 Å². The molecule has 1 atom stereocenters. The molecular formula is C18H26N4O3S. The van der Waals surface area contributed by atoms with Gasteiger partial charge in [-0.25, -0.2) is 26.8 Å². The molecule has 26 heavy (non-hydrogen) atoms. The Labute approximate surface area is 154 Å². The molecule has 1 saturated heterocycles. The van der Waals surface area contributed by atoms with Crippen molar-refractivity contribution in [3.05, 3.63) is 46.6 Å². The van der Waals surface area contributed by atoms with Gasteiger partial charge in [-0.2, -0.15) is 5.10 Å². The van der Waals surface area contributed by atoms with E-state index in [2.05, 4.69) is 5.10 Å². The van der Waals surface area contributed by atoms with E-state index in [9.17, 15) is 13.2 Å². The molecule has 7 nitrogen and oxygen atoms in total. The molecule has 1 unspecified atom stereocenters. The van der Waals surface area contributed by atoms with Crippen LogP contribution < -0.4 is 5.69 Å². The number of hydrogen-bond donors (Lipinski definition) is 0. The van der Waals surface area contributed by atoms with Crippen molar-refractivity contribution in [1.29, 1.82) is 0 Å². The molecule has 0 amide bonds. The average Bonchev–Trinajstić information content (AvgIpc) is 2.96. The number of unbranched alkanes of at least 4 members (excludes halogenated alkanes) is 1. The van der Waals surface area contributed by atoms with Crippen LogP contribution in [0.2, 0.25) is 0 Å². The SMILES string of the molecule is CCCCS(=O)(=O)N1CCCC(c2nn(C)c(=O)n2-c2ccccc2)C1. The van der Waals surface area contributed by atoms with Crippen molar-refractivity contribution < 1.29 is 8.42 Å². The van der Waals surface area contributed by atoms with Gasteiger partial charge in [-0.3, -0.25) is 0 Å². The Morgan fingerprint density at radius 1 is 1.23 bits per heavy atom. The van der Waals surface area contributed by atoms with Gasteiger partial charge in [-0.05, 0) is 31.4 Å². The van der Waals surface area contributed by atoms with E-state index in [1.807, 2.05) is 37.3 Å². The molecule has 8 heteroatoms. The van der Waals surface area contributed by atoms with Gasteiger partial charge in [-0.15, -0.1) is 0 Å². The Kier molecular flexibility index (Phi) is 5.62. The summed E-state index contributed by atoms with van der Waals surface area (Å²) < 4.78 is 29.7. The summed E-state index contributed by atoms with van der Waals surface area (Å²) in [6.07, 6.45) is 3.12. The Morgan fingerprint density at radius 3 is 2.65 bits per heavy atom. The number of aryl methyl sites for hydroxylation is 1. The fourth-order valence-electron chi connectivity index (χ4n) is 3.43. The predicted octanol–water partition coefficient (Wildman–Crippen LogP) is 1.88. The molecule has 142 valence electrons. The van der Waals surface area contributed by atoms with Crippen molar-refractivity contribution in [3.63, 3.8) is 0 Å². The summed E-state index contributed by atoms with van der Waals surface area (Å²) in [5, 5.41) is 4.43. The molecule has 1 aliphatic heterocycles. The number of para-hydroxylation sites is 1. The molecule has 2 aromatic rings. The summed E-state index contributed by atoms with van der Waals surface area (Å²) in [6, 6.07) is 9.38. The third-order valence-corrected chi connectivity index (χ3v) is 6.79. The average molecular weight is 378 g/mol. The first-order chi connectivity index (χ1) is 12.4. The minimum absolute atomic E-state index is 0.0887. The number of benzene rings is 1. The Morgan fingerprint density at radius 2 is 1.96 bits per heavy atom. The second-order valence-corrected chi connectivity index (χ2v) is 8.89. The quantitative estimate of drug-likeness (QED) is 0.769. The van der Waals surface area contributed by atoms with E-state index in [1.165, 1.54) is 4.68 Å². The largest absolute Gasteiger partial charge is 0.350 e. The van der Waals surface area contributed by atoms with Gasteiger partial charge in [0.25, 0.3) is 0 Å². The highest BCUT2D eigenvalue weighted by molar-refractivity contribution is 7.89. The lowest BCUT2D eigenvalue weighted by Gasteiger charge is -2.31. The first-order valence-electron chi connectivity index (χ1n) is 9.13. The monoisotopic (exact) mass is 378 g/mol. The van der Waals surface area contributed by atoms with Crippen LogP contribution in [0.15, 0.2) is 35.1 Å². The highest BCUT2D eigenvalue weighted by atomic mass is 32.2. The lowest BCUT2D eigenvalue weighted by atomic mass is 9.98. The summed E-state index contributed by atoms with van der Waals surface area (Å²) in [5.74, 6) is 0.734. The number of hydrogen-bond acceptors (Lipinski definition) is 4. The highest BCUT2D eigenvalue weighted by Gasteiger charge is 2.32. The first-order valence-corrected chi connectivity index (χ1v) is 10.7. The minimum Gasteiger partial charge on any atom is -0.247 e. The van der Waals surface area contributed by atoms with Crippen molar-refractivity contribution in [1.82, 2.24) is 18.7 Å². The van der Waals surface area contributed by atoms with Gasteiger partial charge in [-0.1, -0.05) is 31.5 Å². The van der Waals surface area contributed by atoms with Crippen LogP contribution in [0.25, 0.3) is 5.69 Å². The summed E-state index contributed by atoms with van der Waals surface area (Å²) >= 11 is 0. The number of nitrogens with zero attached hydrogens (tertiary/aromatic N) is 4. The van der Waals surface area contributed by atoms with Crippen molar-refractivity contribution in [2.24, 2.45) is 7.05 Å². The van der Waals surface area contributed by atoms with Crippen LogP contribution in [0.3, 0.4) is 0 Å². The molecule has 1 aromatic carbocycles. The van der Waals surface area contributed by atoms with Crippen LogP contribution in [0.4, 0.5) is 0 Å². The molecular weight excluding hydrogens is 352 g/mol. The lowest BCUT2D eigenvalue weighted by molar-refractivity contribution is 0.306.